The second kappa shape index (κ2) is 8.53. The molecule has 0 aliphatic carbocycles. The molecule has 0 radical (unpaired) electrons. The predicted molar refractivity (Wildman–Crippen MR) is 101 cm³/mol. The van der Waals surface area contributed by atoms with Crippen molar-refractivity contribution in [3.05, 3.63) is 23.8 Å². The topological polar surface area (TPSA) is 73.1 Å². The number of tetrazole rings is 1. The van der Waals surface area contributed by atoms with Crippen LogP contribution in [0.4, 0.5) is 0 Å². The minimum Gasteiger partial charge on any atom is -0.494 e. The summed E-state index contributed by atoms with van der Waals surface area (Å²) in [6.45, 7) is 5.01. The molecule has 0 unspecified atom stereocenters. The summed E-state index contributed by atoms with van der Waals surface area (Å²) in [5.41, 5.74) is 1.86. The molecule has 0 saturated carbocycles. The maximum Gasteiger partial charge on any atom is 0.233 e. The zero-order valence-electron chi connectivity index (χ0n) is 15.5. The van der Waals surface area contributed by atoms with Gasteiger partial charge in [-0.25, -0.2) is 0 Å². The van der Waals surface area contributed by atoms with Crippen LogP contribution in [0.5, 0.6) is 5.75 Å². The summed E-state index contributed by atoms with van der Waals surface area (Å²) < 4.78 is 7.06. The van der Waals surface area contributed by atoms with E-state index in [2.05, 4.69) is 22.4 Å². The van der Waals surface area contributed by atoms with E-state index >= 15 is 0 Å². The van der Waals surface area contributed by atoms with Gasteiger partial charge in [0.05, 0.1) is 12.9 Å². The van der Waals surface area contributed by atoms with Gasteiger partial charge in [-0.1, -0.05) is 24.8 Å². The van der Waals surface area contributed by atoms with Gasteiger partial charge in [0.2, 0.25) is 11.1 Å². The van der Waals surface area contributed by atoms with Gasteiger partial charge in [0.15, 0.2) is 0 Å². The van der Waals surface area contributed by atoms with Crippen molar-refractivity contribution >= 4 is 17.7 Å². The fourth-order valence-electron chi connectivity index (χ4n) is 3.35. The van der Waals surface area contributed by atoms with E-state index in [4.69, 9.17) is 4.74 Å². The van der Waals surface area contributed by atoms with E-state index in [0.29, 0.717) is 22.7 Å². The van der Waals surface area contributed by atoms with Gasteiger partial charge >= 0.3 is 0 Å². The molecule has 0 bridgehead atoms. The van der Waals surface area contributed by atoms with Gasteiger partial charge in [0.25, 0.3) is 0 Å². The van der Waals surface area contributed by atoms with Crippen molar-refractivity contribution in [1.29, 1.82) is 0 Å². The molecule has 140 valence electrons. The molecule has 1 aliphatic heterocycles. The Hall–Kier alpha value is -2.09. The van der Waals surface area contributed by atoms with E-state index in [1.165, 1.54) is 18.2 Å². The first-order valence-electron chi connectivity index (χ1n) is 8.99. The summed E-state index contributed by atoms with van der Waals surface area (Å²) in [7, 11) is 1.62. The highest BCUT2D eigenvalue weighted by molar-refractivity contribution is 7.99. The van der Waals surface area contributed by atoms with Crippen molar-refractivity contribution in [3.8, 4) is 11.4 Å². The average molecular weight is 375 g/mol. The molecular formula is C18H25N5O2S. The minimum absolute atomic E-state index is 0.160. The van der Waals surface area contributed by atoms with Gasteiger partial charge in [0.1, 0.15) is 11.4 Å². The van der Waals surface area contributed by atoms with E-state index in [9.17, 15) is 4.79 Å². The average Bonchev–Trinajstić information content (AvgIpc) is 3.14. The normalized spacial score (nSPS) is 17.3. The third kappa shape index (κ3) is 4.00. The second-order valence-corrected chi connectivity index (χ2v) is 7.42. The number of likely N-dealkylation sites (tertiary alicyclic amines) is 1. The number of hydrogen-bond donors (Lipinski definition) is 0. The van der Waals surface area contributed by atoms with Crippen molar-refractivity contribution in [2.24, 2.45) is 0 Å². The quantitative estimate of drug-likeness (QED) is 0.723. The number of thioether (sulfide) groups is 1. The van der Waals surface area contributed by atoms with Gasteiger partial charge in [-0.15, -0.1) is 5.10 Å². The van der Waals surface area contributed by atoms with Gasteiger partial charge < -0.3 is 9.64 Å². The third-order valence-corrected chi connectivity index (χ3v) is 5.65. The van der Waals surface area contributed by atoms with Gasteiger partial charge in [-0.05, 0) is 60.7 Å². The Bertz CT molecular complexity index is 764. The second-order valence-electron chi connectivity index (χ2n) is 6.48. The van der Waals surface area contributed by atoms with E-state index < -0.39 is 0 Å². The predicted octanol–water partition coefficient (Wildman–Crippen LogP) is 2.86. The summed E-state index contributed by atoms with van der Waals surface area (Å²) in [5.74, 6) is 1.19. The summed E-state index contributed by atoms with van der Waals surface area (Å²) >= 11 is 1.37. The lowest BCUT2D eigenvalue weighted by atomic mass is 10.0. The fourth-order valence-corrected chi connectivity index (χ4v) is 4.12. The Morgan fingerprint density at radius 1 is 1.38 bits per heavy atom. The third-order valence-electron chi connectivity index (χ3n) is 4.75. The van der Waals surface area contributed by atoms with Gasteiger partial charge in [-0.2, -0.15) is 4.68 Å². The van der Waals surface area contributed by atoms with Crippen molar-refractivity contribution in [2.75, 3.05) is 19.4 Å². The molecule has 1 aliphatic rings. The van der Waals surface area contributed by atoms with Crippen LogP contribution in [0, 0.1) is 6.92 Å². The SMILES string of the molecule is CC[C@H]1CCCCN1C(=O)CSc1nnnn1-c1cc(C)ccc1OC. The highest BCUT2D eigenvalue weighted by Crippen LogP contribution is 2.28. The molecule has 1 fully saturated rings. The molecular weight excluding hydrogens is 350 g/mol. The van der Waals surface area contributed by atoms with Crippen LogP contribution < -0.4 is 4.74 Å². The number of ether oxygens (including phenoxy) is 1. The molecule has 1 aromatic carbocycles. The number of amides is 1. The molecule has 0 spiro atoms. The lowest BCUT2D eigenvalue weighted by Crippen LogP contribution is -2.44. The highest BCUT2D eigenvalue weighted by Gasteiger charge is 2.26. The molecule has 1 saturated heterocycles. The summed E-state index contributed by atoms with van der Waals surface area (Å²) in [5, 5.41) is 12.6. The number of carbonyl (C=O) groups is 1. The summed E-state index contributed by atoms with van der Waals surface area (Å²) in [4.78, 5) is 14.7. The van der Waals surface area contributed by atoms with Crippen LogP contribution in [0.1, 0.15) is 38.2 Å². The number of aryl methyl sites for hydroxylation is 1. The monoisotopic (exact) mass is 375 g/mol. The summed E-state index contributed by atoms with van der Waals surface area (Å²) in [6, 6.07) is 6.21. The number of carbonyl (C=O) groups excluding carboxylic acids is 1. The van der Waals surface area contributed by atoms with Crippen molar-refractivity contribution in [1.82, 2.24) is 25.1 Å². The molecule has 2 aromatic rings. The maximum absolute atomic E-state index is 12.7. The molecule has 26 heavy (non-hydrogen) atoms. The first kappa shape index (κ1) is 18.7. The summed E-state index contributed by atoms with van der Waals surface area (Å²) in [6.07, 6.45) is 4.41. The Morgan fingerprint density at radius 3 is 3.00 bits per heavy atom. The Balaban J connectivity index is 1.74. The highest BCUT2D eigenvalue weighted by atomic mass is 32.2. The number of piperidine rings is 1. The molecule has 7 nitrogen and oxygen atoms in total. The van der Waals surface area contributed by atoms with Crippen molar-refractivity contribution in [2.45, 2.75) is 50.7 Å². The Morgan fingerprint density at radius 2 is 2.23 bits per heavy atom. The van der Waals surface area contributed by atoms with Crippen LogP contribution in [0.15, 0.2) is 23.4 Å². The number of benzene rings is 1. The lowest BCUT2D eigenvalue weighted by molar-refractivity contribution is -0.132. The van der Waals surface area contributed by atoms with E-state index in [1.54, 1.807) is 11.8 Å². The van der Waals surface area contributed by atoms with Crippen molar-refractivity contribution in [3.63, 3.8) is 0 Å². The molecule has 8 heteroatoms. The number of nitrogens with zero attached hydrogens (tertiary/aromatic N) is 5. The van der Waals surface area contributed by atoms with Crippen LogP contribution >= 0.6 is 11.8 Å². The van der Waals surface area contributed by atoms with E-state index in [-0.39, 0.29) is 5.91 Å². The molecule has 0 N–H and O–H groups in total. The smallest absolute Gasteiger partial charge is 0.233 e. The van der Waals surface area contributed by atoms with E-state index in [0.717, 1.165) is 37.1 Å². The molecule has 2 heterocycles. The standard InChI is InChI=1S/C18H25N5O2S/c1-4-14-7-5-6-10-22(14)17(24)12-26-18-19-20-21-23(18)15-11-13(2)8-9-16(15)25-3/h8-9,11,14H,4-7,10,12H2,1-3H3/t14-/m0/s1. The number of hydrogen-bond acceptors (Lipinski definition) is 6. The van der Waals surface area contributed by atoms with Gasteiger partial charge in [0, 0.05) is 12.6 Å². The number of rotatable bonds is 6. The van der Waals surface area contributed by atoms with Crippen LogP contribution in [0.25, 0.3) is 5.69 Å². The Labute approximate surface area is 158 Å². The molecule has 1 amide bonds. The first-order valence-corrected chi connectivity index (χ1v) is 9.98. The molecule has 3 rings (SSSR count). The minimum atomic E-state index is 0.160. The van der Waals surface area contributed by atoms with Crippen LogP contribution in [-0.2, 0) is 4.79 Å². The van der Waals surface area contributed by atoms with E-state index in [1.807, 2.05) is 30.0 Å². The van der Waals surface area contributed by atoms with Crippen LogP contribution in [0.3, 0.4) is 0 Å². The van der Waals surface area contributed by atoms with Gasteiger partial charge in [-0.3, -0.25) is 4.79 Å². The molecule has 1 aromatic heterocycles. The molecule has 1 atom stereocenters. The van der Waals surface area contributed by atoms with Crippen molar-refractivity contribution < 1.29 is 9.53 Å². The first-order chi connectivity index (χ1) is 12.6. The maximum atomic E-state index is 12.7. The largest absolute Gasteiger partial charge is 0.494 e. The zero-order valence-corrected chi connectivity index (χ0v) is 16.3. The van der Waals surface area contributed by atoms with Crippen LogP contribution in [-0.4, -0.2) is 56.5 Å². The lowest BCUT2D eigenvalue weighted by Gasteiger charge is -2.35. The van der Waals surface area contributed by atoms with Crippen LogP contribution in [0.2, 0.25) is 0 Å². The number of methoxy groups -OCH3 is 1. The Kier molecular flexibility index (Phi) is 6.13. The zero-order chi connectivity index (χ0) is 18.5. The number of aromatic nitrogens is 4. The fraction of sp³-hybridized carbons (Fsp3) is 0.556.